The van der Waals surface area contributed by atoms with Crippen molar-refractivity contribution < 1.29 is 18.1 Å². The molecule has 0 spiro atoms. The Labute approximate surface area is 141 Å². The van der Waals surface area contributed by atoms with E-state index in [0.717, 1.165) is 30.8 Å². The number of anilines is 1. The highest BCUT2D eigenvalue weighted by Gasteiger charge is 2.41. The lowest BCUT2D eigenvalue weighted by Crippen LogP contribution is -3.17. The summed E-state index contributed by atoms with van der Waals surface area (Å²) in [6.07, 6.45) is 5.44. The van der Waals surface area contributed by atoms with Crippen molar-refractivity contribution in [2.75, 3.05) is 23.1 Å². The molecule has 3 heterocycles. The van der Waals surface area contributed by atoms with Crippen LogP contribution in [0.4, 0.5) is 5.00 Å². The van der Waals surface area contributed by atoms with Crippen LogP contribution in [0.15, 0.2) is 0 Å². The van der Waals surface area contributed by atoms with E-state index in [0.29, 0.717) is 12.4 Å². The van der Waals surface area contributed by atoms with Crippen LogP contribution in [-0.2, 0) is 34.0 Å². The summed E-state index contributed by atoms with van der Waals surface area (Å²) in [5.74, 6) is 0.647. The van der Waals surface area contributed by atoms with Gasteiger partial charge >= 0.3 is 0 Å². The first kappa shape index (κ1) is 15.6. The zero-order valence-corrected chi connectivity index (χ0v) is 15.1. The SMILES string of the molecule is CC(=O)N1C[NH+](C2CCS(=O)(=O)C2)Cc2c1sc1c2CCCC1. The summed E-state index contributed by atoms with van der Waals surface area (Å²) in [4.78, 5) is 16.8. The van der Waals surface area contributed by atoms with Crippen molar-refractivity contribution in [3.63, 3.8) is 0 Å². The Kier molecular flexibility index (Phi) is 3.77. The number of sulfone groups is 1. The Balaban J connectivity index is 1.70. The van der Waals surface area contributed by atoms with Gasteiger partial charge < -0.3 is 4.90 Å². The molecule has 5 nitrogen and oxygen atoms in total. The molecule has 1 fully saturated rings. The standard InChI is InChI=1S/C16H22N2O3S2/c1-11(19)18-10-17(12-6-7-23(20,21)9-12)8-14-13-4-2-3-5-15(13)22-16(14)18/h12H,2-10H2,1H3/p+1. The molecule has 1 aliphatic carbocycles. The van der Waals surface area contributed by atoms with E-state index in [1.54, 1.807) is 18.3 Å². The second-order valence-electron chi connectivity index (χ2n) is 7.03. The quantitative estimate of drug-likeness (QED) is 0.799. The highest BCUT2D eigenvalue weighted by atomic mass is 32.2. The van der Waals surface area contributed by atoms with E-state index in [1.807, 2.05) is 4.90 Å². The number of amides is 1. The van der Waals surface area contributed by atoms with E-state index in [9.17, 15) is 13.2 Å². The van der Waals surface area contributed by atoms with Crippen molar-refractivity contribution in [3.05, 3.63) is 16.0 Å². The molecule has 0 radical (unpaired) electrons. The van der Waals surface area contributed by atoms with Gasteiger partial charge in [0.05, 0.1) is 5.75 Å². The zero-order valence-electron chi connectivity index (χ0n) is 13.4. The van der Waals surface area contributed by atoms with Gasteiger partial charge in [-0.2, -0.15) is 0 Å². The Hall–Kier alpha value is -0.920. The average molecular weight is 356 g/mol. The molecule has 2 atom stereocenters. The van der Waals surface area contributed by atoms with E-state index in [-0.39, 0.29) is 17.7 Å². The minimum absolute atomic E-state index is 0.0721. The van der Waals surface area contributed by atoms with Crippen LogP contribution in [0.5, 0.6) is 0 Å². The summed E-state index contributed by atoms with van der Waals surface area (Å²) < 4.78 is 23.7. The molecular formula is C16H23N2O3S2+. The lowest BCUT2D eigenvalue weighted by atomic mass is 9.94. The van der Waals surface area contributed by atoms with Crippen LogP contribution >= 0.6 is 11.3 Å². The van der Waals surface area contributed by atoms with Gasteiger partial charge in [-0.1, -0.05) is 0 Å². The number of nitrogens with one attached hydrogen (secondary N) is 1. The Bertz CT molecular complexity index is 754. The molecule has 1 aromatic heterocycles. The van der Waals surface area contributed by atoms with Gasteiger partial charge in [0.15, 0.2) is 16.5 Å². The molecule has 1 N–H and O–H groups in total. The number of carbonyl (C=O) groups is 1. The van der Waals surface area contributed by atoms with Crippen LogP contribution in [0.1, 0.15) is 42.2 Å². The first-order valence-corrected chi connectivity index (χ1v) is 11.0. The molecule has 126 valence electrons. The third-order valence-electron chi connectivity index (χ3n) is 5.46. The maximum absolute atomic E-state index is 12.2. The molecule has 4 rings (SSSR count). The largest absolute Gasteiger partial charge is 0.310 e. The van der Waals surface area contributed by atoms with Gasteiger partial charge in [0.1, 0.15) is 23.3 Å². The van der Waals surface area contributed by atoms with Crippen LogP contribution in [0, 0.1) is 0 Å². The molecule has 2 aliphatic heterocycles. The van der Waals surface area contributed by atoms with Crippen LogP contribution in [0.25, 0.3) is 0 Å². The van der Waals surface area contributed by atoms with Crippen LogP contribution in [0.3, 0.4) is 0 Å². The smallest absolute Gasteiger partial charge is 0.228 e. The number of quaternary nitrogens is 1. The van der Waals surface area contributed by atoms with Gasteiger partial charge in [0, 0.05) is 23.8 Å². The second-order valence-corrected chi connectivity index (χ2v) is 10.3. The maximum atomic E-state index is 12.2. The molecule has 7 heteroatoms. The normalized spacial score (nSPS) is 29.2. The van der Waals surface area contributed by atoms with Gasteiger partial charge in [0.2, 0.25) is 5.91 Å². The number of hydrogen-bond acceptors (Lipinski definition) is 4. The molecular weight excluding hydrogens is 332 g/mol. The van der Waals surface area contributed by atoms with Crippen molar-refractivity contribution in [3.8, 4) is 0 Å². The van der Waals surface area contributed by atoms with E-state index in [2.05, 4.69) is 0 Å². The first-order chi connectivity index (χ1) is 10.9. The van der Waals surface area contributed by atoms with Gasteiger partial charge in [-0.05, 0) is 31.2 Å². The predicted molar refractivity (Wildman–Crippen MR) is 90.7 cm³/mol. The van der Waals surface area contributed by atoms with Gasteiger partial charge in [-0.15, -0.1) is 11.3 Å². The Morgan fingerprint density at radius 2 is 2.04 bits per heavy atom. The second kappa shape index (κ2) is 5.57. The van der Waals surface area contributed by atoms with Crippen LogP contribution < -0.4 is 9.80 Å². The Morgan fingerprint density at radius 3 is 2.74 bits per heavy atom. The Morgan fingerprint density at radius 1 is 1.26 bits per heavy atom. The highest BCUT2D eigenvalue weighted by Crippen LogP contribution is 2.40. The molecule has 1 saturated heterocycles. The summed E-state index contributed by atoms with van der Waals surface area (Å²) in [6.45, 7) is 3.11. The summed E-state index contributed by atoms with van der Waals surface area (Å²) in [7, 11) is -2.89. The van der Waals surface area contributed by atoms with Crippen molar-refractivity contribution in [1.29, 1.82) is 0 Å². The van der Waals surface area contributed by atoms with Gasteiger partial charge in [-0.25, -0.2) is 8.42 Å². The lowest BCUT2D eigenvalue weighted by molar-refractivity contribution is -0.936. The lowest BCUT2D eigenvalue weighted by Gasteiger charge is -2.35. The summed E-state index contributed by atoms with van der Waals surface area (Å²) in [6, 6.07) is 0.133. The van der Waals surface area contributed by atoms with Gasteiger partial charge in [-0.3, -0.25) is 9.69 Å². The molecule has 0 saturated carbocycles. The van der Waals surface area contributed by atoms with E-state index < -0.39 is 9.84 Å². The van der Waals surface area contributed by atoms with Crippen molar-refractivity contribution in [2.45, 2.75) is 51.6 Å². The third-order valence-corrected chi connectivity index (χ3v) is 8.58. The van der Waals surface area contributed by atoms with Crippen molar-refractivity contribution in [1.82, 2.24) is 0 Å². The van der Waals surface area contributed by atoms with Crippen LogP contribution in [-0.4, -0.2) is 38.5 Å². The minimum atomic E-state index is -2.89. The van der Waals surface area contributed by atoms with Crippen molar-refractivity contribution >= 4 is 32.1 Å². The number of nitrogens with zero attached hydrogens (tertiary/aromatic N) is 1. The first-order valence-electron chi connectivity index (χ1n) is 8.41. The van der Waals surface area contributed by atoms with E-state index in [4.69, 9.17) is 0 Å². The number of thiophene rings is 1. The van der Waals surface area contributed by atoms with E-state index >= 15 is 0 Å². The molecule has 2 unspecified atom stereocenters. The molecule has 3 aliphatic rings. The summed E-state index contributed by atoms with van der Waals surface area (Å²) >= 11 is 1.79. The summed E-state index contributed by atoms with van der Waals surface area (Å²) in [5.41, 5.74) is 2.78. The molecule has 0 bridgehead atoms. The fraction of sp³-hybridized carbons (Fsp3) is 0.688. The number of hydrogen-bond donors (Lipinski definition) is 1. The average Bonchev–Trinajstić information content (AvgIpc) is 3.06. The molecule has 1 amide bonds. The molecule has 0 aromatic carbocycles. The molecule has 1 aromatic rings. The summed E-state index contributed by atoms with van der Waals surface area (Å²) in [5, 5.41) is 1.13. The molecule has 23 heavy (non-hydrogen) atoms. The number of aryl methyl sites for hydroxylation is 1. The number of rotatable bonds is 1. The topological polar surface area (TPSA) is 58.9 Å². The fourth-order valence-corrected chi connectivity index (χ4v) is 7.50. The predicted octanol–water partition coefficient (Wildman–Crippen LogP) is 0.523. The fourth-order valence-electron chi connectivity index (χ4n) is 4.22. The van der Waals surface area contributed by atoms with Crippen molar-refractivity contribution in [2.24, 2.45) is 0 Å². The number of fused-ring (bicyclic) bond motifs is 3. The maximum Gasteiger partial charge on any atom is 0.228 e. The monoisotopic (exact) mass is 355 g/mol. The third kappa shape index (κ3) is 2.72. The van der Waals surface area contributed by atoms with Gasteiger partial charge in [0.25, 0.3) is 0 Å². The zero-order chi connectivity index (χ0) is 16.2. The van der Waals surface area contributed by atoms with Crippen LogP contribution in [0.2, 0.25) is 0 Å². The minimum Gasteiger partial charge on any atom is -0.310 e. The number of carbonyl (C=O) groups excluding carboxylic acids is 1. The highest BCUT2D eigenvalue weighted by molar-refractivity contribution is 7.91. The van der Waals surface area contributed by atoms with E-state index in [1.165, 1.54) is 33.7 Å².